The van der Waals surface area contributed by atoms with E-state index in [0.29, 0.717) is 38.4 Å². The Balaban J connectivity index is 0.000000173. The Morgan fingerprint density at radius 1 is 0.919 bits per heavy atom. The zero-order valence-electron chi connectivity index (χ0n) is 20.5. The van der Waals surface area contributed by atoms with E-state index in [1.165, 1.54) is 20.8 Å². The summed E-state index contributed by atoms with van der Waals surface area (Å²) >= 11 is 11.7. The fourth-order valence-corrected chi connectivity index (χ4v) is 4.21. The lowest BCUT2D eigenvalue weighted by Gasteiger charge is -2.16. The molecule has 8 nitrogen and oxygen atoms in total. The summed E-state index contributed by atoms with van der Waals surface area (Å²) in [6, 6.07) is 10.4. The van der Waals surface area contributed by atoms with Crippen LogP contribution in [0, 0.1) is 0 Å². The molecule has 37 heavy (non-hydrogen) atoms. The van der Waals surface area contributed by atoms with E-state index in [2.05, 4.69) is 4.98 Å². The molecular formula is C27H23Cl2NO7. The van der Waals surface area contributed by atoms with Crippen molar-refractivity contribution in [1.29, 1.82) is 0 Å². The molecule has 192 valence electrons. The number of H-pyrrole nitrogens is 1. The summed E-state index contributed by atoms with van der Waals surface area (Å²) < 4.78 is 0. The molecule has 2 aliphatic rings. The monoisotopic (exact) mass is 543 g/mol. The van der Waals surface area contributed by atoms with E-state index in [-0.39, 0.29) is 36.0 Å². The van der Waals surface area contributed by atoms with E-state index in [1.54, 1.807) is 37.3 Å². The molecule has 1 N–H and O–H groups in total. The van der Waals surface area contributed by atoms with Crippen molar-refractivity contribution in [3.63, 3.8) is 0 Å². The SMILES string of the molecule is CC(=O)C1=C(C)OOc2[nH]c3ccc(Cl)cc3c21.CC(=O)CC(C)=O.O=C1Cc2ccc(Cl)cc2C1=O. The van der Waals surface area contributed by atoms with Crippen LogP contribution in [0.4, 0.5) is 0 Å². The Bertz CT molecular complexity index is 1470. The number of carbonyl (C=O) groups excluding carboxylic acids is 5. The molecule has 0 saturated heterocycles. The Morgan fingerprint density at radius 2 is 1.54 bits per heavy atom. The maximum atomic E-state index is 11.8. The average Bonchev–Trinajstić information content (AvgIpc) is 3.30. The molecule has 1 aliphatic heterocycles. The van der Waals surface area contributed by atoms with Crippen molar-refractivity contribution in [2.24, 2.45) is 0 Å². The van der Waals surface area contributed by atoms with Gasteiger partial charge in [0.05, 0.1) is 17.6 Å². The minimum atomic E-state index is -0.410. The molecule has 0 saturated carbocycles. The summed E-state index contributed by atoms with van der Waals surface area (Å²) in [5.41, 5.74) is 3.33. The number of hydrogen-bond donors (Lipinski definition) is 1. The Morgan fingerprint density at radius 3 is 2.14 bits per heavy atom. The van der Waals surface area contributed by atoms with Crippen LogP contribution < -0.4 is 4.89 Å². The van der Waals surface area contributed by atoms with Crippen LogP contribution in [0.25, 0.3) is 16.5 Å². The molecule has 0 amide bonds. The van der Waals surface area contributed by atoms with Crippen LogP contribution in [0.2, 0.25) is 10.0 Å². The number of aromatic amines is 1. The standard InChI is InChI=1S/C13H10ClNO3.C9H5ClO2.C5H8O2/c1-6(16)11-7(2)17-18-13-12(11)9-5-8(14)3-4-10(9)15-13;10-6-2-1-5-3-8(11)9(12)7(5)4-6;1-4(6)3-5(2)7/h3-5,15H,1-2H3;1-2,4H,3H2;3H2,1-2H3. The average molecular weight is 544 g/mol. The third-order valence-corrected chi connectivity index (χ3v) is 5.82. The Kier molecular flexibility index (Phi) is 8.68. The van der Waals surface area contributed by atoms with Gasteiger partial charge in [0.15, 0.2) is 11.5 Å². The van der Waals surface area contributed by atoms with Crippen LogP contribution in [-0.2, 0) is 30.5 Å². The molecule has 3 aromatic rings. The van der Waals surface area contributed by atoms with Gasteiger partial charge in [-0.15, -0.1) is 0 Å². The van der Waals surface area contributed by atoms with Gasteiger partial charge >= 0.3 is 0 Å². The first kappa shape index (κ1) is 27.8. The van der Waals surface area contributed by atoms with Crippen molar-refractivity contribution in [2.75, 3.05) is 0 Å². The second kappa shape index (κ2) is 11.5. The molecule has 1 aromatic heterocycles. The molecule has 10 heteroatoms. The molecule has 5 rings (SSSR count). The van der Waals surface area contributed by atoms with Crippen LogP contribution in [0.1, 0.15) is 55.6 Å². The Labute approximate surface area is 222 Å². The van der Waals surface area contributed by atoms with Crippen LogP contribution in [0.3, 0.4) is 0 Å². The molecule has 2 aromatic carbocycles. The molecule has 1 aliphatic carbocycles. The third-order valence-electron chi connectivity index (χ3n) is 5.35. The topological polar surface area (TPSA) is 120 Å². The lowest BCUT2D eigenvalue weighted by Crippen LogP contribution is -2.10. The van der Waals surface area contributed by atoms with Crippen molar-refractivity contribution in [1.82, 2.24) is 4.98 Å². The zero-order chi connectivity index (χ0) is 27.4. The fourth-order valence-electron chi connectivity index (χ4n) is 3.86. The van der Waals surface area contributed by atoms with Gasteiger partial charge in [0, 0.05) is 32.9 Å². The molecule has 0 atom stereocenters. The summed E-state index contributed by atoms with van der Waals surface area (Å²) in [4.78, 5) is 67.1. The lowest BCUT2D eigenvalue weighted by molar-refractivity contribution is -0.171. The van der Waals surface area contributed by atoms with Gasteiger partial charge in [-0.25, -0.2) is 0 Å². The van der Waals surface area contributed by atoms with Crippen LogP contribution in [-0.4, -0.2) is 33.9 Å². The van der Waals surface area contributed by atoms with E-state index < -0.39 is 5.78 Å². The maximum absolute atomic E-state index is 11.8. The highest BCUT2D eigenvalue weighted by Gasteiger charge is 2.28. The Hall–Kier alpha value is -3.75. The van der Waals surface area contributed by atoms with Crippen LogP contribution in [0.15, 0.2) is 42.2 Å². The van der Waals surface area contributed by atoms with Gasteiger partial charge in [-0.1, -0.05) is 29.3 Å². The quantitative estimate of drug-likeness (QED) is 0.256. The molecule has 0 unspecified atom stereocenters. The lowest BCUT2D eigenvalue weighted by atomic mass is 10.00. The second-order valence-electron chi connectivity index (χ2n) is 8.48. The molecule has 0 spiro atoms. The van der Waals surface area contributed by atoms with Crippen molar-refractivity contribution in [3.8, 4) is 5.88 Å². The minimum absolute atomic E-state index is 0.0625. The van der Waals surface area contributed by atoms with Crippen molar-refractivity contribution >= 4 is 68.6 Å². The highest BCUT2D eigenvalue weighted by molar-refractivity contribution is 6.47. The summed E-state index contributed by atoms with van der Waals surface area (Å²) in [7, 11) is 0. The number of aromatic nitrogens is 1. The van der Waals surface area contributed by atoms with Gasteiger partial charge in [0.2, 0.25) is 11.6 Å². The smallest absolute Gasteiger partial charge is 0.257 e. The molecule has 2 heterocycles. The predicted molar refractivity (Wildman–Crippen MR) is 139 cm³/mol. The number of carbonyl (C=O) groups is 5. The number of nitrogens with one attached hydrogen (secondary N) is 1. The van der Waals surface area contributed by atoms with Gasteiger partial charge in [-0.2, -0.15) is 0 Å². The maximum Gasteiger partial charge on any atom is 0.257 e. The van der Waals surface area contributed by atoms with Crippen LogP contribution >= 0.6 is 23.2 Å². The molecule has 0 radical (unpaired) electrons. The normalized spacial score (nSPS) is 13.4. The summed E-state index contributed by atoms with van der Waals surface area (Å²) in [6.07, 6.45) is 0.311. The molecular weight excluding hydrogens is 521 g/mol. The number of Topliss-reactive ketones (excluding diaryl/α,β-unsaturated/α-hetero) is 5. The summed E-state index contributed by atoms with van der Waals surface area (Å²) in [5, 5.41) is 1.96. The first-order valence-corrected chi connectivity index (χ1v) is 11.9. The van der Waals surface area contributed by atoms with E-state index in [1.807, 2.05) is 6.07 Å². The second-order valence-corrected chi connectivity index (χ2v) is 9.36. The number of rotatable bonds is 3. The van der Waals surface area contributed by atoms with Gasteiger partial charge < -0.3 is 4.98 Å². The van der Waals surface area contributed by atoms with E-state index in [4.69, 9.17) is 33.0 Å². The highest BCUT2D eigenvalue weighted by atomic mass is 35.5. The zero-order valence-corrected chi connectivity index (χ0v) is 22.0. The van der Waals surface area contributed by atoms with E-state index in [0.717, 1.165) is 16.5 Å². The van der Waals surface area contributed by atoms with E-state index >= 15 is 0 Å². The van der Waals surface area contributed by atoms with Crippen molar-refractivity contribution < 1.29 is 33.7 Å². The van der Waals surface area contributed by atoms with Gasteiger partial charge in [-0.3, -0.25) is 33.7 Å². The largest absolute Gasteiger partial charge is 0.321 e. The number of hydrogen-bond acceptors (Lipinski definition) is 7. The number of allylic oxidation sites excluding steroid dienone is 2. The molecule has 0 bridgehead atoms. The van der Waals surface area contributed by atoms with Crippen molar-refractivity contribution in [3.05, 3.63) is 68.9 Å². The highest BCUT2D eigenvalue weighted by Crippen LogP contribution is 2.40. The number of fused-ring (bicyclic) bond motifs is 4. The third kappa shape index (κ3) is 6.53. The first-order chi connectivity index (χ1) is 17.4. The van der Waals surface area contributed by atoms with Crippen LogP contribution in [0.5, 0.6) is 5.88 Å². The van der Waals surface area contributed by atoms with Gasteiger partial charge in [0.1, 0.15) is 11.6 Å². The summed E-state index contributed by atoms with van der Waals surface area (Å²) in [6.45, 7) is 6.01. The number of halogens is 2. The predicted octanol–water partition coefficient (Wildman–Crippen LogP) is 5.67. The number of ketones is 5. The fraction of sp³-hybridized carbons (Fsp3) is 0.222. The van der Waals surface area contributed by atoms with Gasteiger partial charge in [0.25, 0.3) is 5.88 Å². The van der Waals surface area contributed by atoms with Crippen molar-refractivity contribution in [2.45, 2.75) is 40.5 Å². The van der Waals surface area contributed by atoms with E-state index in [9.17, 15) is 24.0 Å². The van der Waals surface area contributed by atoms with Gasteiger partial charge in [-0.05, 0) is 63.6 Å². The first-order valence-electron chi connectivity index (χ1n) is 11.1. The molecule has 0 fully saturated rings. The minimum Gasteiger partial charge on any atom is -0.321 e. The summed E-state index contributed by atoms with van der Waals surface area (Å²) in [5.74, 6) is -0.0587. The number of benzene rings is 2.